The molecule has 0 bridgehead atoms. The highest BCUT2D eigenvalue weighted by molar-refractivity contribution is 5.83. The van der Waals surface area contributed by atoms with Crippen LogP contribution >= 0.6 is 0 Å². The number of aryl methyl sites for hydroxylation is 1. The zero-order valence-corrected chi connectivity index (χ0v) is 15.8. The Morgan fingerprint density at radius 1 is 1.21 bits per heavy atom. The lowest BCUT2D eigenvalue weighted by molar-refractivity contribution is -0.214. The summed E-state index contributed by atoms with van der Waals surface area (Å²) in [6, 6.07) is 11.5. The Hall–Kier alpha value is -2.82. The third-order valence-electron chi connectivity index (χ3n) is 4.87. The highest BCUT2D eigenvalue weighted by atomic mass is 19.3. The molecule has 2 aromatic carbocycles. The molecule has 0 aliphatic heterocycles. The van der Waals surface area contributed by atoms with Crippen LogP contribution in [-0.4, -0.2) is 26.3 Å². The first-order valence-electron chi connectivity index (χ1n) is 8.90. The van der Waals surface area contributed by atoms with Crippen molar-refractivity contribution < 1.29 is 19.0 Å². The number of aromatic nitrogens is 2. The summed E-state index contributed by atoms with van der Waals surface area (Å²) >= 11 is 0. The molecule has 0 radical (unpaired) electrons. The summed E-state index contributed by atoms with van der Waals surface area (Å²) in [5.41, 5.74) is 2.87. The largest absolute Gasteiger partial charge is 0.363 e. The molecule has 0 saturated carbocycles. The average molecular weight is 385 g/mol. The second kappa shape index (κ2) is 7.30. The first-order chi connectivity index (χ1) is 13.2. The Bertz CT molecular complexity index is 1070. The number of fused-ring (bicyclic) bond motifs is 1. The smallest absolute Gasteiger partial charge is 0.322 e. The van der Waals surface area contributed by atoms with E-state index in [1.165, 1.54) is 18.2 Å². The summed E-state index contributed by atoms with van der Waals surface area (Å²) in [5, 5.41) is 32.8. The van der Waals surface area contributed by atoms with Crippen LogP contribution in [-0.2, 0) is 12.5 Å². The predicted molar refractivity (Wildman–Crippen MR) is 101 cm³/mol. The number of nitriles is 1. The standard InChI is InChI=1S/C21H21F2N3O2/c1-12(2)19-16-8-7-15(21(22,23)20(27)28)9-18(16)26(25-19)11-17-13(3)5-4-6-14(17)10-24/h4-9,12,20,27-28H,11H2,1-3H3. The van der Waals surface area contributed by atoms with Gasteiger partial charge in [0.15, 0.2) is 0 Å². The Kier molecular flexibility index (Phi) is 5.20. The third kappa shape index (κ3) is 3.37. The van der Waals surface area contributed by atoms with Crippen molar-refractivity contribution in [3.05, 3.63) is 64.3 Å². The minimum atomic E-state index is -3.80. The van der Waals surface area contributed by atoms with E-state index in [1.807, 2.05) is 26.8 Å². The number of hydrogen-bond donors (Lipinski definition) is 2. The fraction of sp³-hybridized carbons (Fsp3) is 0.333. The van der Waals surface area contributed by atoms with Gasteiger partial charge in [-0.15, -0.1) is 0 Å². The number of halogens is 2. The number of rotatable bonds is 5. The molecule has 2 N–H and O–H groups in total. The molecule has 0 aliphatic rings. The molecule has 0 fully saturated rings. The Labute approximate surface area is 161 Å². The fourth-order valence-electron chi connectivity index (χ4n) is 3.27. The van der Waals surface area contributed by atoms with Crippen LogP contribution in [0.2, 0.25) is 0 Å². The normalized spacial score (nSPS) is 12.1. The lowest BCUT2D eigenvalue weighted by atomic mass is 10.0. The van der Waals surface area contributed by atoms with Crippen LogP contribution < -0.4 is 0 Å². The maximum Gasteiger partial charge on any atom is 0.322 e. The number of hydrogen-bond acceptors (Lipinski definition) is 4. The van der Waals surface area contributed by atoms with Gasteiger partial charge in [-0.05, 0) is 36.1 Å². The molecule has 0 aliphatic carbocycles. The number of nitrogens with zero attached hydrogens (tertiary/aromatic N) is 3. The highest BCUT2D eigenvalue weighted by Crippen LogP contribution is 2.35. The van der Waals surface area contributed by atoms with Crippen LogP contribution in [0.3, 0.4) is 0 Å². The molecule has 3 rings (SSSR count). The molecule has 0 saturated heterocycles. The average Bonchev–Trinajstić information content (AvgIpc) is 3.01. The molecular weight excluding hydrogens is 364 g/mol. The first kappa shape index (κ1) is 19.9. The van der Waals surface area contributed by atoms with E-state index in [0.29, 0.717) is 16.5 Å². The van der Waals surface area contributed by atoms with Gasteiger partial charge >= 0.3 is 5.92 Å². The van der Waals surface area contributed by atoms with Gasteiger partial charge in [0.1, 0.15) is 0 Å². The van der Waals surface area contributed by atoms with Crippen molar-refractivity contribution in [2.75, 3.05) is 0 Å². The van der Waals surface area contributed by atoms with E-state index in [0.717, 1.165) is 16.8 Å². The maximum atomic E-state index is 14.1. The van der Waals surface area contributed by atoms with E-state index in [1.54, 1.807) is 16.8 Å². The van der Waals surface area contributed by atoms with Crippen molar-refractivity contribution in [3.8, 4) is 6.07 Å². The van der Waals surface area contributed by atoms with Gasteiger partial charge in [0.05, 0.1) is 29.4 Å². The summed E-state index contributed by atoms with van der Waals surface area (Å²) in [7, 11) is 0. The Morgan fingerprint density at radius 2 is 1.93 bits per heavy atom. The molecule has 3 aromatic rings. The topological polar surface area (TPSA) is 82.1 Å². The molecular formula is C21H21F2N3O2. The van der Waals surface area contributed by atoms with Crippen molar-refractivity contribution in [3.63, 3.8) is 0 Å². The summed E-state index contributed by atoms with van der Waals surface area (Å²) in [6.07, 6.45) is -2.80. The summed E-state index contributed by atoms with van der Waals surface area (Å²) in [6.45, 7) is 6.05. The molecule has 7 heteroatoms. The van der Waals surface area contributed by atoms with Gasteiger partial charge in [0.2, 0.25) is 6.29 Å². The number of aliphatic hydroxyl groups excluding tert-OH is 1. The van der Waals surface area contributed by atoms with Crippen molar-refractivity contribution in [2.45, 2.75) is 45.4 Å². The maximum absolute atomic E-state index is 14.1. The van der Waals surface area contributed by atoms with Crippen molar-refractivity contribution in [1.82, 2.24) is 9.78 Å². The molecule has 1 aromatic heterocycles. The lowest BCUT2D eigenvalue weighted by Gasteiger charge is -2.18. The van der Waals surface area contributed by atoms with E-state index < -0.39 is 17.8 Å². The van der Waals surface area contributed by atoms with Crippen LogP contribution in [0, 0.1) is 18.3 Å². The van der Waals surface area contributed by atoms with Gasteiger partial charge in [0.25, 0.3) is 0 Å². The van der Waals surface area contributed by atoms with Crippen LogP contribution in [0.1, 0.15) is 47.7 Å². The minimum Gasteiger partial charge on any atom is -0.363 e. The Balaban J connectivity index is 2.21. The van der Waals surface area contributed by atoms with Gasteiger partial charge in [-0.25, -0.2) is 0 Å². The van der Waals surface area contributed by atoms with Gasteiger partial charge in [-0.3, -0.25) is 4.68 Å². The van der Waals surface area contributed by atoms with Crippen molar-refractivity contribution in [1.29, 1.82) is 5.26 Å². The van der Waals surface area contributed by atoms with E-state index in [2.05, 4.69) is 11.2 Å². The number of aliphatic hydroxyl groups is 2. The van der Waals surface area contributed by atoms with Gasteiger partial charge in [-0.1, -0.05) is 38.1 Å². The lowest BCUT2D eigenvalue weighted by Crippen LogP contribution is -2.30. The molecule has 28 heavy (non-hydrogen) atoms. The summed E-state index contributed by atoms with van der Waals surface area (Å²) < 4.78 is 29.9. The zero-order chi connectivity index (χ0) is 20.6. The Morgan fingerprint density at radius 3 is 2.54 bits per heavy atom. The minimum absolute atomic E-state index is 0.0610. The van der Waals surface area contributed by atoms with E-state index >= 15 is 0 Å². The molecule has 146 valence electrons. The molecule has 1 heterocycles. The van der Waals surface area contributed by atoms with Crippen LogP contribution in [0.25, 0.3) is 10.9 Å². The van der Waals surface area contributed by atoms with Crippen molar-refractivity contribution in [2.24, 2.45) is 0 Å². The van der Waals surface area contributed by atoms with E-state index in [4.69, 9.17) is 10.2 Å². The van der Waals surface area contributed by atoms with E-state index in [9.17, 15) is 14.0 Å². The second-order valence-electron chi connectivity index (χ2n) is 7.14. The SMILES string of the molecule is Cc1cccc(C#N)c1Cn1nc(C(C)C)c2ccc(C(F)(F)C(O)O)cc21. The third-order valence-corrected chi connectivity index (χ3v) is 4.87. The quantitative estimate of drug-likeness (QED) is 0.655. The van der Waals surface area contributed by atoms with Crippen LogP contribution in [0.15, 0.2) is 36.4 Å². The highest BCUT2D eigenvalue weighted by Gasteiger charge is 2.40. The predicted octanol–water partition coefficient (Wildman–Crippen LogP) is 3.79. The van der Waals surface area contributed by atoms with Crippen molar-refractivity contribution >= 4 is 10.9 Å². The monoisotopic (exact) mass is 385 g/mol. The number of benzene rings is 2. The van der Waals surface area contributed by atoms with Gasteiger partial charge in [0, 0.05) is 10.9 Å². The molecule has 0 unspecified atom stereocenters. The summed E-state index contributed by atoms with van der Waals surface area (Å²) in [5.74, 6) is -3.74. The molecule has 0 spiro atoms. The van der Waals surface area contributed by atoms with Crippen LogP contribution in [0.5, 0.6) is 0 Å². The first-order valence-corrected chi connectivity index (χ1v) is 8.90. The number of alkyl halides is 2. The van der Waals surface area contributed by atoms with Crippen LogP contribution in [0.4, 0.5) is 8.78 Å². The van der Waals surface area contributed by atoms with Gasteiger partial charge < -0.3 is 10.2 Å². The second-order valence-corrected chi connectivity index (χ2v) is 7.14. The summed E-state index contributed by atoms with van der Waals surface area (Å²) in [4.78, 5) is 0. The molecule has 0 amide bonds. The molecule has 5 nitrogen and oxygen atoms in total. The van der Waals surface area contributed by atoms with E-state index in [-0.39, 0.29) is 12.5 Å². The molecule has 0 atom stereocenters. The fourth-order valence-corrected chi connectivity index (χ4v) is 3.27. The zero-order valence-electron chi connectivity index (χ0n) is 15.8. The van der Waals surface area contributed by atoms with Gasteiger partial charge in [-0.2, -0.15) is 19.1 Å².